The zero-order valence-corrected chi connectivity index (χ0v) is 14.4. The van der Waals surface area contributed by atoms with Crippen LogP contribution in [-0.4, -0.2) is 27.8 Å². The van der Waals surface area contributed by atoms with Gasteiger partial charge in [0.2, 0.25) is 0 Å². The number of aliphatic hydroxyl groups is 2. The first kappa shape index (κ1) is 18.1. The number of rotatable bonds is 5. The summed E-state index contributed by atoms with van der Waals surface area (Å²) in [4.78, 5) is 0. The Kier molecular flexibility index (Phi) is 4.95. The third kappa shape index (κ3) is 3.19. The molecule has 22 heavy (non-hydrogen) atoms. The van der Waals surface area contributed by atoms with Gasteiger partial charge in [0.05, 0.1) is 6.10 Å². The molecule has 0 spiro atoms. The molecule has 2 rings (SSSR count). The Morgan fingerprint density at radius 1 is 1.23 bits per heavy atom. The number of aliphatic hydroxyl groups excluding tert-OH is 1. The summed E-state index contributed by atoms with van der Waals surface area (Å²) in [6.07, 6.45) is 5.04. The number of halogens is 2. The molecule has 2 aliphatic rings. The first-order valence-electron chi connectivity index (χ1n) is 8.77. The molecule has 2 aliphatic carbocycles. The van der Waals surface area contributed by atoms with Crippen molar-refractivity contribution in [2.45, 2.75) is 90.3 Å². The molecule has 5 atom stereocenters. The topological polar surface area (TPSA) is 40.5 Å². The highest BCUT2D eigenvalue weighted by molar-refractivity contribution is 5.02. The van der Waals surface area contributed by atoms with E-state index in [4.69, 9.17) is 0 Å². The molecule has 2 saturated carbocycles. The second-order valence-corrected chi connectivity index (χ2v) is 8.54. The van der Waals surface area contributed by atoms with Crippen LogP contribution < -0.4 is 0 Å². The van der Waals surface area contributed by atoms with E-state index in [0.717, 1.165) is 32.1 Å². The highest BCUT2D eigenvalue weighted by Crippen LogP contribution is 2.58. The SMILES string of the molecule is CC(CCC(F)(F)C(C)(C)O)C1CCC2[C@@H](O)CCC[C@]12C. The van der Waals surface area contributed by atoms with Crippen molar-refractivity contribution in [3.63, 3.8) is 0 Å². The average molecular weight is 318 g/mol. The molecule has 2 nitrogen and oxygen atoms in total. The smallest absolute Gasteiger partial charge is 0.275 e. The largest absolute Gasteiger partial charge is 0.393 e. The lowest BCUT2D eigenvalue weighted by molar-refractivity contribution is -0.168. The Morgan fingerprint density at radius 2 is 1.86 bits per heavy atom. The maximum Gasteiger partial charge on any atom is 0.275 e. The number of fused-ring (bicyclic) bond motifs is 1. The lowest BCUT2D eigenvalue weighted by Gasteiger charge is -2.45. The molecule has 0 bridgehead atoms. The van der Waals surface area contributed by atoms with Gasteiger partial charge in [-0.05, 0) is 69.1 Å². The van der Waals surface area contributed by atoms with Gasteiger partial charge in [-0.3, -0.25) is 0 Å². The molecule has 130 valence electrons. The lowest BCUT2D eigenvalue weighted by atomic mass is 9.61. The first-order valence-corrected chi connectivity index (χ1v) is 8.77. The van der Waals surface area contributed by atoms with E-state index in [-0.39, 0.29) is 23.9 Å². The van der Waals surface area contributed by atoms with Crippen LogP contribution in [0.1, 0.15) is 72.6 Å². The highest BCUT2D eigenvalue weighted by atomic mass is 19.3. The predicted molar refractivity (Wildman–Crippen MR) is 83.8 cm³/mol. The molecule has 0 amide bonds. The minimum Gasteiger partial charge on any atom is -0.393 e. The van der Waals surface area contributed by atoms with Crippen LogP contribution >= 0.6 is 0 Å². The monoisotopic (exact) mass is 318 g/mol. The number of hydrogen-bond donors (Lipinski definition) is 2. The fraction of sp³-hybridized carbons (Fsp3) is 1.00. The second kappa shape index (κ2) is 6.01. The molecule has 4 heteroatoms. The van der Waals surface area contributed by atoms with Crippen molar-refractivity contribution >= 4 is 0 Å². The summed E-state index contributed by atoms with van der Waals surface area (Å²) in [6, 6.07) is 0. The van der Waals surface area contributed by atoms with Crippen molar-refractivity contribution in [2.24, 2.45) is 23.2 Å². The van der Waals surface area contributed by atoms with Gasteiger partial charge in [-0.25, -0.2) is 8.78 Å². The van der Waals surface area contributed by atoms with E-state index in [1.165, 1.54) is 13.8 Å². The van der Waals surface area contributed by atoms with Gasteiger partial charge >= 0.3 is 0 Å². The highest BCUT2D eigenvalue weighted by Gasteiger charge is 2.53. The van der Waals surface area contributed by atoms with Crippen LogP contribution in [0.4, 0.5) is 8.78 Å². The Bertz CT molecular complexity index is 391. The van der Waals surface area contributed by atoms with Gasteiger partial charge in [-0.1, -0.05) is 20.3 Å². The Morgan fingerprint density at radius 3 is 2.45 bits per heavy atom. The number of alkyl halides is 2. The molecule has 0 aromatic rings. The molecular weight excluding hydrogens is 286 g/mol. The van der Waals surface area contributed by atoms with E-state index in [1.54, 1.807) is 0 Å². The van der Waals surface area contributed by atoms with Gasteiger partial charge in [0.15, 0.2) is 0 Å². The minimum absolute atomic E-state index is 0.0983. The molecule has 0 saturated heterocycles. The molecule has 0 aliphatic heterocycles. The Balaban J connectivity index is 2.00. The molecule has 0 aromatic carbocycles. The van der Waals surface area contributed by atoms with Gasteiger partial charge in [0.25, 0.3) is 5.92 Å². The van der Waals surface area contributed by atoms with E-state index in [2.05, 4.69) is 13.8 Å². The van der Waals surface area contributed by atoms with Gasteiger partial charge in [0, 0.05) is 6.42 Å². The van der Waals surface area contributed by atoms with E-state index in [1.807, 2.05) is 0 Å². The first-order chi connectivity index (χ1) is 9.99. The quantitative estimate of drug-likeness (QED) is 0.789. The molecule has 2 N–H and O–H groups in total. The van der Waals surface area contributed by atoms with Crippen molar-refractivity contribution in [1.29, 1.82) is 0 Å². The summed E-state index contributed by atoms with van der Waals surface area (Å²) in [5, 5.41) is 19.9. The molecule has 0 radical (unpaired) electrons. The van der Waals surface area contributed by atoms with Crippen molar-refractivity contribution in [1.82, 2.24) is 0 Å². The molecular formula is C18H32F2O2. The summed E-state index contributed by atoms with van der Waals surface area (Å²) in [5.74, 6) is -2.10. The van der Waals surface area contributed by atoms with Gasteiger partial charge in [-0.15, -0.1) is 0 Å². The van der Waals surface area contributed by atoms with E-state index in [0.29, 0.717) is 18.3 Å². The maximum atomic E-state index is 14.0. The van der Waals surface area contributed by atoms with E-state index in [9.17, 15) is 19.0 Å². The van der Waals surface area contributed by atoms with Gasteiger partial charge in [0.1, 0.15) is 5.60 Å². The minimum atomic E-state index is -3.05. The standard InChI is InChI=1S/C18H32F2O2/c1-12(9-11-18(19,20)16(2,3)22)13-7-8-14-15(21)6-5-10-17(13,14)4/h12-15,21-22H,5-11H2,1-4H3/t12?,13?,14?,15-,17+/m0/s1. The molecule has 2 fully saturated rings. The van der Waals surface area contributed by atoms with Crippen molar-refractivity contribution in [3.8, 4) is 0 Å². The summed E-state index contributed by atoms with van der Waals surface area (Å²) in [5.41, 5.74) is -1.86. The Labute approximate surface area is 133 Å². The summed E-state index contributed by atoms with van der Waals surface area (Å²) >= 11 is 0. The van der Waals surface area contributed by atoms with Crippen molar-refractivity contribution in [3.05, 3.63) is 0 Å². The second-order valence-electron chi connectivity index (χ2n) is 8.54. The van der Waals surface area contributed by atoms with Crippen molar-refractivity contribution < 1.29 is 19.0 Å². The van der Waals surface area contributed by atoms with E-state index >= 15 is 0 Å². The van der Waals surface area contributed by atoms with Crippen LogP contribution in [0.5, 0.6) is 0 Å². The Hall–Kier alpha value is -0.220. The third-order valence-electron chi connectivity index (χ3n) is 6.66. The zero-order valence-electron chi connectivity index (χ0n) is 14.4. The van der Waals surface area contributed by atoms with Crippen LogP contribution in [0.25, 0.3) is 0 Å². The molecule has 0 aromatic heterocycles. The van der Waals surface area contributed by atoms with Gasteiger partial charge in [-0.2, -0.15) is 0 Å². The normalized spacial score (nSPS) is 37.9. The summed E-state index contributed by atoms with van der Waals surface area (Å²) in [6.45, 7) is 6.69. The van der Waals surface area contributed by atoms with Crippen LogP contribution in [0.2, 0.25) is 0 Å². The van der Waals surface area contributed by atoms with Crippen LogP contribution in [0.3, 0.4) is 0 Å². The molecule has 0 heterocycles. The van der Waals surface area contributed by atoms with Gasteiger partial charge < -0.3 is 10.2 Å². The fourth-order valence-corrected chi connectivity index (χ4v) is 5.04. The summed E-state index contributed by atoms with van der Waals surface area (Å²) < 4.78 is 28.0. The summed E-state index contributed by atoms with van der Waals surface area (Å²) in [7, 11) is 0. The fourth-order valence-electron chi connectivity index (χ4n) is 5.04. The van der Waals surface area contributed by atoms with Crippen LogP contribution in [0.15, 0.2) is 0 Å². The third-order valence-corrected chi connectivity index (χ3v) is 6.66. The lowest BCUT2D eigenvalue weighted by Crippen LogP contribution is -2.44. The molecule has 3 unspecified atom stereocenters. The number of hydrogen-bond acceptors (Lipinski definition) is 2. The van der Waals surface area contributed by atoms with Crippen LogP contribution in [-0.2, 0) is 0 Å². The zero-order chi connectivity index (χ0) is 16.8. The van der Waals surface area contributed by atoms with Crippen molar-refractivity contribution in [2.75, 3.05) is 0 Å². The van der Waals surface area contributed by atoms with E-state index < -0.39 is 11.5 Å². The average Bonchev–Trinajstić information content (AvgIpc) is 2.73. The van der Waals surface area contributed by atoms with Crippen LogP contribution in [0, 0.1) is 23.2 Å². The predicted octanol–water partition coefficient (Wildman–Crippen LogP) is 4.39. The maximum absolute atomic E-state index is 14.0.